The Morgan fingerprint density at radius 2 is 1.72 bits per heavy atom. The van der Waals surface area contributed by atoms with Crippen LogP contribution in [0.3, 0.4) is 0 Å². The summed E-state index contributed by atoms with van der Waals surface area (Å²) in [6, 6.07) is 16.3. The van der Waals surface area contributed by atoms with E-state index in [1.165, 1.54) is 24.0 Å². The van der Waals surface area contributed by atoms with Crippen molar-refractivity contribution in [3.63, 3.8) is 0 Å². The van der Waals surface area contributed by atoms with Gasteiger partial charge >= 0.3 is 5.97 Å². The number of aryl methyl sites for hydroxylation is 1. The second-order valence-corrected chi connectivity index (χ2v) is 8.56. The van der Waals surface area contributed by atoms with E-state index in [1.54, 1.807) is 19.1 Å². The molecular weight excluding hydrogens is 396 g/mol. The normalized spacial score (nSPS) is 13.9. The molecule has 32 heavy (non-hydrogen) atoms. The minimum Gasteiger partial charge on any atom is -0.462 e. The molecule has 0 radical (unpaired) electrons. The summed E-state index contributed by atoms with van der Waals surface area (Å²) in [6.07, 6.45) is 3.52. The molecule has 3 heteroatoms. The van der Waals surface area contributed by atoms with Gasteiger partial charge < -0.3 is 9.84 Å². The Bertz CT molecular complexity index is 1060. The fourth-order valence-electron chi connectivity index (χ4n) is 4.54. The lowest BCUT2D eigenvalue weighted by Crippen LogP contribution is -2.23. The molecular formula is C29H38O3. The molecule has 4 rings (SSSR count). The molecule has 0 aromatic heterocycles. The largest absolute Gasteiger partial charge is 0.462 e. The third kappa shape index (κ3) is 5.05. The van der Waals surface area contributed by atoms with Gasteiger partial charge in [-0.05, 0) is 94.5 Å². The van der Waals surface area contributed by atoms with Gasteiger partial charge in [-0.1, -0.05) is 59.4 Å². The van der Waals surface area contributed by atoms with Crippen molar-refractivity contribution in [1.82, 2.24) is 0 Å². The molecule has 3 aromatic rings. The molecule has 3 nitrogen and oxygen atoms in total. The van der Waals surface area contributed by atoms with Gasteiger partial charge in [0.2, 0.25) is 0 Å². The van der Waals surface area contributed by atoms with Crippen molar-refractivity contribution in [2.75, 3.05) is 6.61 Å². The number of rotatable bonds is 4. The van der Waals surface area contributed by atoms with E-state index in [0.717, 1.165) is 33.9 Å². The maximum absolute atomic E-state index is 11.9. The Morgan fingerprint density at radius 1 is 1.03 bits per heavy atom. The second kappa shape index (κ2) is 10.8. The molecule has 0 aliphatic heterocycles. The molecule has 0 spiro atoms. The van der Waals surface area contributed by atoms with Crippen LogP contribution in [0.25, 0.3) is 21.9 Å². The SMILES string of the molecule is C.CC.CCOC(=O)c1ccc(-c2cc(CO)c3cc4c(cc3c2)C(C)(C)CCC4)cc1. The predicted octanol–water partition coefficient (Wildman–Crippen LogP) is 7.45. The zero-order valence-electron chi connectivity index (χ0n) is 19.4. The number of aliphatic hydroxyl groups is 1. The molecule has 1 aliphatic carbocycles. The zero-order valence-corrected chi connectivity index (χ0v) is 19.4. The van der Waals surface area contributed by atoms with Gasteiger partial charge in [0, 0.05) is 0 Å². The number of fused-ring (bicyclic) bond motifs is 2. The summed E-state index contributed by atoms with van der Waals surface area (Å²) in [5, 5.41) is 12.3. The van der Waals surface area contributed by atoms with E-state index in [2.05, 4.69) is 38.1 Å². The molecule has 0 heterocycles. The lowest BCUT2D eigenvalue weighted by molar-refractivity contribution is 0.0526. The van der Waals surface area contributed by atoms with E-state index in [0.29, 0.717) is 12.2 Å². The Hall–Kier alpha value is -2.65. The summed E-state index contributed by atoms with van der Waals surface area (Å²) in [5.41, 5.74) is 6.58. The highest BCUT2D eigenvalue weighted by atomic mass is 16.5. The maximum Gasteiger partial charge on any atom is 0.338 e. The van der Waals surface area contributed by atoms with Crippen molar-refractivity contribution in [3.8, 4) is 11.1 Å². The van der Waals surface area contributed by atoms with Crippen molar-refractivity contribution >= 4 is 16.7 Å². The lowest BCUT2D eigenvalue weighted by Gasteiger charge is -2.33. The van der Waals surface area contributed by atoms with E-state index in [4.69, 9.17) is 4.74 Å². The average molecular weight is 435 g/mol. The van der Waals surface area contributed by atoms with Crippen molar-refractivity contribution < 1.29 is 14.6 Å². The van der Waals surface area contributed by atoms with Crippen LogP contribution in [-0.4, -0.2) is 17.7 Å². The standard InChI is InChI=1S/C26H28O3.C2H6.CH4/c1-4-29-25(28)18-9-7-17(8-10-18)20-12-21-15-24-19(6-5-11-26(24,2)3)14-23(21)22(13-20)16-27;1-2;/h7-10,12-15,27H,4-6,11,16H2,1-3H3;1-2H3;1H4. The van der Waals surface area contributed by atoms with E-state index >= 15 is 0 Å². The quantitative estimate of drug-likeness (QED) is 0.434. The molecule has 0 atom stereocenters. The van der Waals surface area contributed by atoms with E-state index in [9.17, 15) is 9.90 Å². The van der Waals surface area contributed by atoms with E-state index in [1.807, 2.05) is 26.0 Å². The third-order valence-electron chi connectivity index (χ3n) is 6.14. The first-order chi connectivity index (χ1) is 14.9. The van der Waals surface area contributed by atoms with Crippen LogP contribution in [-0.2, 0) is 23.2 Å². The van der Waals surface area contributed by atoms with Gasteiger partial charge in [-0.25, -0.2) is 4.79 Å². The Kier molecular flexibility index (Phi) is 8.63. The highest BCUT2D eigenvalue weighted by Gasteiger charge is 2.27. The molecule has 0 saturated heterocycles. The minimum atomic E-state index is -0.303. The summed E-state index contributed by atoms with van der Waals surface area (Å²) in [4.78, 5) is 11.9. The number of hydrogen-bond donors (Lipinski definition) is 1. The predicted molar refractivity (Wildman–Crippen MR) is 135 cm³/mol. The number of carbonyl (C=O) groups excluding carboxylic acids is 1. The molecule has 0 bridgehead atoms. The van der Waals surface area contributed by atoms with Gasteiger partial charge in [-0.15, -0.1) is 0 Å². The number of aliphatic hydroxyl groups excluding tert-OH is 1. The second-order valence-electron chi connectivity index (χ2n) is 8.56. The summed E-state index contributed by atoms with van der Waals surface area (Å²) < 4.78 is 5.07. The van der Waals surface area contributed by atoms with Gasteiger partial charge in [0.1, 0.15) is 0 Å². The van der Waals surface area contributed by atoms with Crippen LogP contribution >= 0.6 is 0 Å². The van der Waals surface area contributed by atoms with Gasteiger partial charge in [-0.2, -0.15) is 0 Å². The molecule has 0 saturated carbocycles. The number of esters is 1. The van der Waals surface area contributed by atoms with E-state index in [-0.39, 0.29) is 25.4 Å². The lowest BCUT2D eigenvalue weighted by atomic mass is 9.72. The van der Waals surface area contributed by atoms with Crippen LogP contribution in [0.5, 0.6) is 0 Å². The van der Waals surface area contributed by atoms with Crippen molar-refractivity contribution in [2.24, 2.45) is 0 Å². The fraction of sp³-hybridized carbons (Fsp3) is 0.414. The summed E-state index contributed by atoms with van der Waals surface area (Å²) in [5.74, 6) is -0.303. The van der Waals surface area contributed by atoms with Crippen LogP contribution < -0.4 is 0 Å². The van der Waals surface area contributed by atoms with Crippen molar-refractivity contribution in [3.05, 3.63) is 70.8 Å². The average Bonchev–Trinajstić information content (AvgIpc) is 2.79. The molecule has 0 unspecified atom stereocenters. The monoisotopic (exact) mass is 434 g/mol. The van der Waals surface area contributed by atoms with Crippen LogP contribution in [0.4, 0.5) is 0 Å². The molecule has 0 fully saturated rings. The third-order valence-corrected chi connectivity index (χ3v) is 6.14. The van der Waals surface area contributed by atoms with Gasteiger partial charge in [0.05, 0.1) is 18.8 Å². The Morgan fingerprint density at radius 3 is 2.34 bits per heavy atom. The van der Waals surface area contributed by atoms with Crippen LogP contribution in [0.15, 0.2) is 48.5 Å². The maximum atomic E-state index is 11.9. The zero-order chi connectivity index (χ0) is 22.6. The topological polar surface area (TPSA) is 46.5 Å². The molecule has 0 amide bonds. The fourth-order valence-corrected chi connectivity index (χ4v) is 4.54. The van der Waals surface area contributed by atoms with Crippen LogP contribution in [0.1, 0.15) is 81.9 Å². The molecule has 172 valence electrons. The van der Waals surface area contributed by atoms with E-state index < -0.39 is 0 Å². The molecule has 3 aromatic carbocycles. The van der Waals surface area contributed by atoms with Gasteiger partial charge in [0.25, 0.3) is 0 Å². The number of ether oxygens (including phenoxy) is 1. The smallest absolute Gasteiger partial charge is 0.338 e. The van der Waals surface area contributed by atoms with Crippen LogP contribution in [0.2, 0.25) is 0 Å². The number of benzene rings is 3. The first-order valence-corrected chi connectivity index (χ1v) is 11.4. The van der Waals surface area contributed by atoms with Crippen molar-refractivity contribution in [2.45, 2.75) is 73.3 Å². The van der Waals surface area contributed by atoms with Gasteiger partial charge in [0.15, 0.2) is 0 Å². The number of hydrogen-bond acceptors (Lipinski definition) is 3. The summed E-state index contributed by atoms with van der Waals surface area (Å²) >= 11 is 0. The first kappa shape index (κ1) is 25.6. The van der Waals surface area contributed by atoms with Gasteiger partial charge in [-0.3, -0.25) is 0 Å². The molecule has 1 N–H and O–H groups in total. The minimum absolute atomic E-state index is 0. The number of carbonyl (C=O) groups is 1. The highest BCUT2D eigenvalue weighted by Crippen LogP contribution is 2.40. The summed E-state index contributed by atoms with van der Waals surface area (Å²) in [6.45, 7) is 10.8. The highest BCUT2D eigenvalue weighted by molar-refractivity contribution is 5.93. The molecule has 1 aliphatic rings. The Labute approximate surface area is 193 Å². The Balaban J connectivity index is 0.00000118. The van der Waals surface area contributed by atoms with Crippen LogP contribution in [0, 0.1) is 0 Å². The van der Waals surface area contributed by atoms with Crippen molar-refractivity contribution in [1.29, 1.82) is 0 Å². The first-order valence-electron chi connectivity index (χ1n) is 11.4. The summed E-state index contributed by atoms with van der Waals surface area (Å²) in [7, 11) is 0.